The van der Waals surface area contributed by atoms with E-state index in [1.54, 1.807) is 30.3 Å². The highest BCUT2D eigenvalue weighted by Gasteiger charge is 2.23. The van der Waals surface area contributed by atoms with Gasteiger partial charge in [0, 0.05) is 11.7 Å². The highest BCUT2D eigenvalue weighted by molar-refractivity contribution is 8.13. The smallest absolute Gasteiger partial charge is 0.481 e. The maximum absolute atomic E-state index is 11.7. The molecule has 1 saturated heterocycles. The van der Waals surface area contributed by atoms with Gasteiger partial charge < -0.3 is 15.3 Å². The summed E-state index contributed by atoms with van der Waals surface area (Å²) in [5.74, 6) is -1.63. The molecule has 0 amide bonds. The molecule has 1 heterocycles. The van der Waals surface area contributed by atoms with Crippen LogP contribution in [0.3, 0.4) is 0 Å². The summed E-state index contributed by atoms with van der Waals surface area (Å²) in [5, 5.41) is 27.1. The average Bonchev–Trinajstić information content (AvgIpc) is 2.84. The van der Waals surface area contributed by atoms with E-state index in [1.165, 1.54) is 23.9 Å². The van der Waals surface area contributed by atoms with Crippen molar-refractivity contribution >= 4 is 47.4 Å². The number of rotatable bonds is 10. The molecule has 2 unspecified atom stereocenters. The van der Waals surface area contributed by atoms with Crippen molar-refractivity contribution in [3.63, 3.8) is 0 Å². The number of carboxylic acids is 3. The average molecular weight is 520 g/mol. The van der Waals surface area contributed by atoms with Crippen LogP contribution in [0.15, 0.2) is 48.5 Å². The number of hydrogen-bond donors (Lipinski definition) is 4. The largest absolute Gasteiger partial charge is 1.00 e. The van der Waals surface area contributed by atoms with Crippen LogP contribution in [0.1, 0.15) is 59.0 Å². The monoisotopic (exact) mass is 519 g/mol. The second kappa shape index (κ2) is 14.6. The fourth-order valence-electron chi connectivity index (χ4n) is 3.81. The zero-order valence-electron chi connectivity index (χ0n) is 20.3. The molecule has 3 rings (SSSR count). The molecule has 2 atom stereocenters. The first-order chi connectivity index (χ1) is 16.7. The van der Waals surface area contributed by atoms with Crippen molar-refractivity contribution in [2.24, 2.45) is 11.8 Å². The molecule has 7 nitrogen and oxygen atoms in total. The van der Waals surface area contributed by atoms with Gasteiger partial charge in [-0.1, -0.05) is 36.0 Å². The molecule has 9 heteroatoms. The van der Waals surface area contributed by atoms with Crippen molar-refractivity contribution in [3.8, 4) is 0 Å². The van der Waals surface area contributed by atoms with Crippen LogP contribution in [0.4, 0.5) is 0 Å². The van der Waals surface area contributed by atoms with E-state index in [2.05, 4.69) is 12.6 Å². The van der Waals surface area contributed by atoms with E-state index in [0.717, 1.165) is 36.1 Å². The first-order valence-electron chi connectivity index (χ1n) is 11.4. The second-order valence-corrected chi connectivity index (χ2v) is 9.87. The number of aliphatic carboxylic acids is 1. The second-order valence-electron chi connectivity index (χ2n) is 8.33. The normalized spacial score (nSPS) is 16.0. The lowest BCUT2D eigenvalue weighted by Crippen LogP contribution is -2.19. The van der Waals surface area contributed by atoms with Gasteiger partial charge in [-0.15, -0.1) is 0 Å². The molecule has 0 radical (unpaired) electrons. The number of carboxylic acid groups (broad SMARTS) is 3. The van der Waals surface area contributed by atoms with Gasteiger partial charge in [0.25, 0.3) is 0 Å². The van der Waals surface area contributed by atoms with Gasteiger partial charge in [-0.2, -0.15) is 12.6 Å². The van der Waals surface area contributed by atoms with Crippen molar-refractivity contribution in [2.45, 2.75) is 38.5 Å². The Labute approximate surface area is 215 Å². The van der Waals surface area contributed by atoms with Crippen molar-refractivity contribution in [1.29, 1.82) is 0 Å². The molecule has 2 aromatic rings. The fraction of sp³-hybridized carbons (Fsp3) is 0.385. The first-order valence-corrected chi connectivity index (χ1v) is 13.0. The summed E-state index contributed by atoms with van der Waals surface area (Å²) in [5.41, 5.74) is 2.15. The van der Waals surface area contributed by atoms with Crippen LogP contribution >= 0.6 is 24.4 Å². The lowest BCUT2D eigenvalue weighted by Gasteiger charge is -2.19. The highest BCUT2D eigenvalue weighted by atomic mass is 32.2. The summed E-state index contributed by atoms with van der Waals surface area (Å²) in [7, 11) is 0. The quantitative estimate of drug-likeness (QED) is 0.321. The number of aromatic carboxylic acids is 2. The SMILES string of the molecule is O=C(O)c1cccc(CC(CCCS)C(=O)O)c1.O=C(O)c1cccc(CC2CCCSC2=O)c1.[H+]. The van der Waals surface area contributed by atoms with Crippen LogP contribution in [-0.4, -0.2) is 49.8 Å². The molecule has 0 saturated carbocycles. The van der Waals surface area contributed by atoms with Crippen molar-refractivity contribution in [2.75, 3.05) is 11.5 Å². The number of thiol groups is 1. The Morgan fingerprint density at radius 2 is 1.60 bits per heavy atom. The number of benzene rings is 2. The Morgan fingerprint density at radius 3 is 2.14 bits per heavy atom. The molecule has 3 N–H and O–H groups in total. The maximum Gasteiger partial charge on any atom is 1.00 e. The van der Waals surface area contributed by atoms with Gasteiger partial charge in [-0.25, -0.2) is 9.59 Å². The zero-order chi connectivity index (χ0) is 25.8. The van der Waals surface area contributed by atoms with Gasteiger partial charge in [0.2, 0.25) is 0 Å². The Balaban J connectivity index is 0.000000351. The van der Waals surface area contributed by atoms with Crippen LogP contribution < -0.4 is 0 Å². The van der Waals surface area contributed by atoms with Gasteiger partial charge >= 0.3 is 19.3 Å². The molecule has 0 bridgehead atoms. The third-order valence-corrected chi connectivity index (χ3v) is 7.07. The molecule has 35 heavy (non-hydrogen) atoms. The predicted octanol–water partition coefficient (Wildman–Crippen LogP) is 5.05. The van der Waals surface area contributed by atoms with E-state index in [1.807, 2.05) is 6.07 Å². The predicted molar refractivity (Wildman–Crippen MR) is 140 cm³/mol. The standard InChI is InChI=1S/C13H16O4S.C13H14O3S/c14-12(15)10-4-1-3-9(7-10)8-11(13(16)17)5-2-6-18;14-12(15)10-4-1-3-9(7-10)8-11-5-2-6-17-13(11)16/h1,3-4,7,11,18H,2,5-6,8H2,(H,14,15)(H,16,17);1,3-4,7,11H,2,5-6,8H2,(H,14,15)/p+1. The van der Waals surface area contributed by atoms with Crippen LogP contribution in [0.2, 0.25) is 0 Å². The molecule has 0 aromatic heterocycles. The Hall–Kier alpha value is -2.78. The zero-order valence-corrected chi connectivity index (χ0v) is 21.0. The minimum atomic E-state index is -1.00. The molecule has 1 fully saturated rings. The van der Waals surface area contributed by atoms with E-state index in [9.17, 15) is 19.2 Å². The summed E-state index contributed by atoms with van der Waals surface area (Å²) in [6, 6.07) is 13.3. The number of carbonyl (C=O) groups excluding carboxylic acids is 1. The van der Waals surface area contributed by atoms with Crippen molar-refractivity contribution in [3.05, 3.63) is 70.8 Å². The first kappa shape index (κ1) is 28.5. The fourth-order valence-corrected chi connectivity index (χ4v) is 4.94. The van der Waals surface area contributed by atoms with Crippen LogP contribution in [0.25, 0.3) is 0 Å². The molecule has 0 aliphatic carbocycles. The van der Waals surface area contributed by atoms with Crippen molar-refractivity contribution in [1.82, 2.24) is 0 Å². The molecular weight excluding hydrogens is 488 g/mol. The van der Waals surface area contributed by atoms with E-state index >= 15 is 0 Å². The van der Waals surface area contributed by atoms with E-state index in [4.69, 9.17) is 15.3 Å². The Kier molecular flexibility index (Phi) is 11.9. The van der Waals surface area contributed by atoms with E-state index in [-0.39, 0.29) is 18.0 Å². The molecule has 2 aromatic carbocycles. The molecule has 188 valence electrons. The molecule has 1 aliphatic heterocycles. The number of hydrogen-bond acceptors (Lipinski definition) is 6. The molecule has 0 spiro atoms. The third kappa shape index (κ3) is 9.78. The van der Waals surface area contributed by atoms with Crippen LogP contribution in [0.5, 0.6) is 0 Å². The number of carbonyl (C=O) groups is 4. The molecule has 1 aliphatic rings. The minimum absolute atomic E-state index is 0. The van der Waals surface area contributed by atoms with E-state index < -0.39 is 23.8 Å². The van der Waals surface area contributed by atoms with Crippen molar-refractivity contribution < 1.29 is 35.9 Å². The lowest BCUT2D eigenvalue weighted by atomic mass is 9.94. The van der Waals surface area contributed by atoms with E-state index in [0.29, 0.717) is 30.6 Å². The Morgan fingerprint density at radius 1 is 1.00 bits per heavy atom. The minimum Gasteiger partial charge on any atom is -0.481 e. The third-order valence-electron chi connectivity index (χ3n) is 5.65. The topological polar surface area (TPSA) is 129 Å². The highest BCUT2D eigenvalue weighted by Crippen LogP contribution is 2.27. The van der Waals surface area contributed by atoms with Gasteiger partial charge in [0.05, 0.1) is 17.0 Å². The van der Waals surface area contributed by atoms with Crippen LogP contribution in [-0.2, 0) is 22.4 Å². The Bertz CT molecular complexity index is 1040. The van der Waals surface area contributed by atoms with Gasteiger partial charge in [0.15, 0.2) is 5.12 Å². The summed E-state index contributed by atoms with van der Waals surface area (Å²) in [6.45, 7) is 0. The van der Waals surface area contributed by atoms with Gasteiger partial charge in [0.1, 0.15) is 0 Å². The maximum atomic E-state index is 11.7. The summed E-state index contributed by atoms with van der Waals surface area (Å²) < 4.78 is 0. The van der Waals surface area contributed by atoms with Gasteiger partial charge in [-0.3, -0.25) is 9.59 Å². The summed E-state index contributed by atoms with van der Waals surface area (Å²) in [4.78, 5) is 44.4. The van der Waals surface area contributed by atoms with Crippen LogP contribution in [0, 0.1) is 11.8 Å². The van der Waals surface area contributed by atoms with Gasteiger partial charge in [-0.05, 0) is 79.7 Å². The lowest BCUT2D eigenvalue weighted by molar-refractivity contribution is -0.141. The summed E-state index contributed by atoms with van der Waals surface area (Å²) >= 11 is 5.46. The molecular formula is C26H31O7S2+. The summed E-state index contributed by atoms with van der Waals surface area (Å²) in [6.07, 6.45) is 4.29. The number of thioether (sulfide) groups is 1.